The van der Waals surface area contributed by atoms with E-state index in [4.69, 9.17) is 0 Å². The van der Waals surface area contributed by atoms with Crippen LogP contribution in [0.3, 0.4) is 0 Å². The number of aryl methyl sites for hydroxylation is 2. The Morgan fingerprint density at radius 3 is 2.35 bits per heavy atom. The van der Waals surface area contributed by atoms with E-state index in [1.807, 2.05) is 36.4 Å². The van der Waals surface area contributed by atoms with Gasteiger partial charge in [-0.2, -0.15) is 4.98 Å². The number of para-hydroxylation sites is 2. The second-order valence-corrected chi connectivity index (χ2v) is 6.12. The van der Waals surface area contributed by atoms with Crippen molar-refractivity contribution in [2.24, 2.45) is 0 Å². The Morgan fingerprint density at radius 2 is 1.61 bits per heavy atom. The Kier molecular flexibility index (Phi) is 4.57. The van der Waals surface area contributed by atoms with Crippen LogP contribution in [0.1, 0.15) is 11.1 Å². The van der Waals surface area contributed by atoms with Crippen molar-refractivity contribution < 1.29 is 0 Å². The molecule has 1 heterocycles. The van der Waals surface area contributed by atoms with Gasteiger partial charge in [0.15, 0.2) is 0 Å². The van der Waals surface area contributed by atoms with Gasteiger partial charge in [0.1, 0.15) is 5.82 Å². The van der Waals surface area contributed by atoms with Gasteiger partial charge in [0.05, 0.1) is 5.69 Å². The maximum absolute atomic E-state index is 4.53. The zero-order chi connectivity index (χ0) is 16.2. The quantitative estimate of drug-likeness (QED) is 0.652. The van der Waals surface area contributed by atoms with Gasteiger partial charge in [-0.15, -0.1) is 0 Å². The smallest absolute Gasteiger partial charge is 0.229 e. The van der Waals surface area contributed by atoms with Gasteiger partial charge in [0.2, 0.25) is 5.95 Å². The van der Waals surface area contributed by atoms with E-state index in [0.29, 0.717) is 5.95 Å². The monoisotopic (exact) mass is 368 g/mol. The van der Waals surface area contributed by atoms with Crippen LogP contribution in [0.2, 0.25) is 0 Å². The lowest BCUT2D eigenvalue weighted by Gasteiger charge is -2.12. The van der Waals surface area contributed by atoms with Crippen molar-refractivity contribution in [2.75, 3.05) is 10.6 Å². The minimum Gasteiger partial charge on any atom is -0.339 e. The summed E-state index contributed by atoms with van der Waals surface area (Å²) in [5.74, 6) is 1.31. The maximum Gasteiger partial charge on any atom is 0.229 e. The van der Waals surface area contributed by atoms with Gasteiger partial charge in [0, 0.05) is 16.4 Å². The highest BCUT2D eigenvalue weighted by molar-refractivity contribution is 9.10. The van der Waals surface area contributed by atoms with Crippen molar-refractivity contribution >= 4 is 39.1 Å². The molecule has 0 saturated heterocycles. The van der Waals surface area contributed by atoms with Crippen LogP contribution < -0.4 is 10.6 Å². The molecule has 0 fully saturated rings. The molecule has 23 heavy (non-hydrogen) atoms. The molecule has 116 valence electrons. The summed E-state index contributed by atoms with van der Waals surface area (Å²) in [4.78, 5) is 8.84. The molecule has 3 rings (SSSR count). The molecule has 0 aliphatic rings. The number of anilines is 4. The van der Waals surface area contributed by atoms with Gasteiger partial charge in [-0.05, 0) is 59.1 Å². The molecule has 5 heteroatoms. The van der Waals surface area contributed by atoms with Crippen LogP contribution in [0.25, 0.3) is 0 Å². The Balaban J connectivity index is 1.84. The minimum absolute atomic E-state index is 0.569. The van der Waals surface area contributed by atoms with Crippen molar-refractivity contribution in [3.8, 4) is 0 Å². The lowest BCUT2D eigenvalue weighted by atomic mass is 10.1. The van der Waals surface area contributed by atoms with Crippen molar-refractivity contribution in [1.29, 1.82) is 0 Å². The summed E-state index contributed by atoms with van der Waals surface area (Å²) in [5, 5.41) is 6.60. The molecule has 0 unspecified atom stereocenters. The van der Waals surface area contributed by atoms with E-state index in [1.165, 1.54) is 0 Å². The summed E-state index contributed by atoms with van der Waals surface area (Å²) in [6.07, 6.45) is 1.74. The van der Waals surface area contributed by atoms with E-state index < -0.39 is 0 Å². The van der Waals surface area contributed by atoms with Crippen LogP contribution in [0.4, 0.5) is 23.1 Å². The number of nitrogens with zero attached hydrogens (tertiary/aromatic N) is 2. The van der Waals surface area contributed by atoms with Gasteiger partial charge in [0.25, 0.3) is 0 Å². The molecule has 4 nitrogen and oxygen atoms in total. The van der Waals surface area contributed by atoms with E-state index in [2.05, 4.69) is 62.5 Å². The van der Waals surface area contributed by atoms with Crippen LogP contribution in [0, 0.1) is 13.8 Å². The number of hydrogen-bond acceptors (Lipinski definition) is 4. The fourth-order valence-electron chi connectivity index (χ4n) is 2.31. The first-order chi connectivity index (χ1) is 11.1. The molecule has 0 aliphatic carbocycles. The largest absolute Gasteiger partial charge is 0.339 e. The van der Waals surface area contributed by atoms with Gasteiger partial charge in [-0.3, -0.25) is 0 Å². The second-order valence-electron chi connectivity index (χ2n) is 5.26. The summed E-state index contributed by atoms with van der Waals surface area (Å²) in [5.41, 5.74) is 4.34. The minimum atomic E-state index is 0.569. The maximum atomic E-state index is 4.53. The molecule has 0 radical (unpaired) electrons. The van der Waals surface area contributed by atoms with Crippen molar-refractivity contribution in [2.45, 2.75) is 13.8 Å². The van der Waals surface area contributed by atoms with E-state index in [-0.39, 0.29) is 0 Å². The molecule has 2 N–H and O–H groups in total. The van der Waals surface area contributed by atoms with Gasteiger partial charge in [-0.1, -0.05) is 30.3 Å². The van der Waals surface area contributed by atoms with Crippen LogP contribution in [0.15, 0.2) is 59.2 Å². The van der Waals surface area contributed by atoms with Crippen LogP contribution in [-0.4, -0.2) is 9.97 Å². The molecule has 1 aromatic heterocycles. The number of nitrogens with one attached hydrogen (secondary N) is 2. The standard InChI is InChI=1S/C18H17BrN4/c1-12-6-5-7-13(2)17(12)23-18-20-11-10-16(22-18)21-15-9-4-3-8-14(15)19/h3-11H,1-2H3,(H2,20,21,22,23). The van der Waals surface area contributed by atoms with Gasteiger partial charge in [-0.25, -0.2) is 4.98 Å². The molecule has 0 aliphatic heterocycles. The average molecular weight is 369 g/mol. The zero-order valence-corrected chi connectivity index (χ0v) is 14.6. The van der Waals surface area contributed by atoms with Gasteiger partial charge < -0.3 is 10.6 Å². The summed E-state index contributed by atoms with van der Waals surface area (Å²) >= 11 is 3.52. The highest BCUT2D eigenvalue weighted by Crippen LogP contribution is 2.26. The second kappa shape index (κ2) is 6.79. The lowest BCUT2D eigenvalue weighted by Crippen LogP contribution is -2.02. The van der Waals surface area contributed by atoms with Crippen LogP contribution >= 0.6 is 15.9 Å². The lowest BCUT2D eigenvalue weighted by molar-refractivity contribution is 1.16. The third kappa shape index (κ3) is 3.68. The van der Waals surface area contributed by atoms with Gasteiger partial charge >= 0.3 is 0 Å². The third-order valence-electron chi connectivity index (χ3n) is 3.51. The average Bonchev–Trinajstić information content (AvgIpc) is 2.54. The fourth-order valence-corrected chi connectivity index (χ4v) is 2.70. The number of hydrogen-bond donors (Lipinski definition) is 2. The third-order valence-corrected chi connectivity index (χ3v) is 4.20. The Labute approximate surface area is 144 Å². The molecule has 0 bridgehead atoms. The highest BCUT2D eigenvalue weighted by atomic mass is 79.9. The van der Waals surface area contributed by atoms with Crippen LogP contribution in [-0.2, 0) is 0 Å². The van der Waals surface area contributed by atoms with E-state index in [9.17, 15) is 0 Å². The summed E-state index contributed by atoms with van der Waals surface area (Å²) in [7, 11) is 0. The Morgan fingerprint density at radius 1 is 0.870 bits per heavy atom. The molecular weight excluding hydrogens is 352 g/mol. The zero-order valence-electron chi connectivity index (χ0n) is 13.0. The first-order valence-corrected chi connectivity index (χ1v) is 8.10. The van der Waals surface area contributed by atoms with E-state index in [0.717, 1.165) is 32.8 Å². The number of halogens is 1. The number of aromatic nitrogens is 2. The summed E-state index contributed by atoms with van der Waals surface area (Å²) < 4.78 is 0.989. The van der Waals surface area contributed by atoms with Crippen LogP contribution in [0.5, 0.6) is 0 Å². The van der Waals surface area contributed by atoms with E-state index in [1.54, 1.807) is 6.20 Å². The number of benzene rings is 2. The number of rotatable bonds is 4. The molecule has 0 amide bonds. The summed E-state index contributed by atoms with van der Waals surface area (Å²) in [6.45, 7) is 4.14. The van der Waals surface area contributed by atoms with Crippen molar-refractivity contribution in [3.63, 3.8) is 0 Å². The first kappa shape index (κ1) is 15.5. The predicted octanol–water partition coefficient (Wildman–Crippen LogP) is 5.34. The molecule has 0 saturated carbocycles. The first-order valence-electron chi connectivity index (χ1n) is 7.31. The fraction of sp³-hybridized carbons (Fsp3) is 0.111. The topological polar surface area (TPSA) is 49.8 Å². The molecule has 3 aromatic rings. The summed E-state index contributed by atoms with van der Waals surface area (Å²) in [6, 6.07) is 15.9. The molecule has 0 atom stereocenters. The Bertz CT molecular complexity index is 813. The van der Waals surface area contributed by atoms with Crippen molar-refractivity contribution in [1.82, 2.24) is 9.97 Å². The highest BCUT2D eigenvalue weighted by Gasteiger charge is 2.06. The molecule has 2 aromatic carbocycles. The van der Waals surface area contributed by atoms with Crippen molar-refractivity contribution in [3.05, 3.63) is 70.3 Å². The normalized spacial score (nSPS) is 10.4. The Hall–Kier alpha value is -2.40. The molecule has 0 spiro atoms. The van der Waals surface area contributed by atoms with E-state index >= 15 is 0 Å². The predicted molar refractivity (Wildman–Crippen MR) is 98.7 cm³/mol. The SMILES string of the molecule is Cc1cccc(C)c1Nc1nccc(Nc2ccccc2Br)n1. The molecular formula is C18H17BrN4.